The largest absolute Gasteiger partial charge is 0.0622 e. The highest BCUT2D eigenvalue weighted by Crippen LogP contribution is 2.20. The van der Waals surface area contributed by atoms with Crippen LogP contribution in [-0.4, -0.2) is 0 Å². The third-order valence-electron chi connectivity index (χ3n) is 2.81. The van der Waals surface area contributed by atoms with E-state index in [9.17, 15) is 0 Å². The third kappa shape index (κ3) is 4.04. The van der Waals surface area contributed by atoms with Crippen molar-refractivity contribution in [1.82, 2.24) is 0 Å². The molecule has 0 aliphatic carbocycles. The van der Waals surface area contributed by atoms with Gasteiger partial charge in [0.05, 0.1) is 0 Å². The van der Waals surface area contributed by atoms with Crippen molar-refractivity contribution in [2.45, 2.75) is 20.8 Å². The lowest BCUT2D eigenvalue weighted by Crippen LogP contribution is -2.02. The molecule has 0 amide bonds. The summed E-state index contributed by atoms with van der Waals surface area (Å²) in [7, 11) is 2.42. The Bertz CT molecular complexity index is 636. The Morgan fingerprint density at radius 1 is 0.895 bits per heavy atom. The summed E-state index contributed by atoms with van der Waals surface area (Å²) in [6, 6.07) is 14.6. The van der Waals surface area contributed by atoms with E-state index in [1.54, 1.807) is 0 Å². The van der Waals surface area contributed by atoms with Crippen LogP contribution in [0.4, 0.5) is 0 Å². The van der Waals surface area contributed by atoms with Gasteiger partial charge in [0.2, 0.25) is 0 Å². The van der Waals surface area contributed by atoms with Crippen molar-refractivity contribution in [3.05, 3.63) is 64.7 Å². The molecule has 0 bridgehead atoms. The van der Waals surface area contributed by atoms with Crippen LogP contribution in [0.15, 0.2) is 42.5 Å². The molecule has 0 aliphatic heterocycles. The fourth-order valence-electron chi connectivity index (χ4n) is 2.02. The first kappa shape index (κ1) is 14.0. The molecule has 94 valence electrons. The zero-order valence-electron chi connectivity index (χ0n) is 11.4. The van der Waals surface area contributed by atoms with Gasteiger partial charge in [-0.1, -0.05) is 41.8 Å². The summed E-state index contributed by atoms with van der Waals surface area (Å²) in [5, 5.41) is 1.41. The predicted molar refractivity (Wildman–Crippen MR) is 87.4 cm³/mol. The average molecular weight is 282 g/mol. The van der Waals surface area contributed by atoms with Crippen LogP contribution in [-0.2, 0) is 0 Å². The van der Waals surface area contributed by atoms with Crippen molar-refractivity contribution in [3.8, 4) is 11.6 Å². The Kier molecular flexibility index (Phi) is 4.93. The second-order valence-corrected chi connectivity index (χ2v) is 6.82. The van der Waals surface area contributed by atoms with Gasteiger partial charge in [-0.2, -0.15) is 0 Å². The summed E-state index contributed by atoms with van der Waals surface area (Å²) in [5.41, 5.74) is 8.39. The first-order valence-electron chi connectivity index (χ1n) is 6.21. The van der Waals surface area contributed by atoms with E-state index in [2.05, 4.69) is 44.5 Å². The summed E-state index contributed by atoms with van der Waals surface area (Å²) in [6.45, 7) is 6.51. The maximum Gasteiger partial charge on any atom is 0.0252 e. The van der Waals surface area contributed by atoms with Gasteiger partial charge in [0.15, 0.2) is 0 Å². The number of benzene rings is 2. The summed E-state index contributed by atoms with van der Waals surface area (Å²) >= 11 is 0. The van der Waals surface area contributed by atoms with Gasteiger partial charge in [0.1, 0.15) is 0 Å². The second kappa shape index (κ2) is 6.68. The minimum atomic E-state index is 1.09. The third-order valence-corrected chi connectivity index (χ3v) is 5.23. The van der Waals surface area contributed by atoms with E-state index in [1.165, 1.54) is 29.9 Å². The van der Waals surface area contributed by atoms with E-state index < -0.39 is 0 Å². The van der Waals surface area contributed by atoms with Crippen molar-refractivity contribution in [2.24, 2.45) is 0 Å². The van der Waals surface area contributed by atoms with Crippen LogP contribution >= 0.6 is 15.7 Å². The van der Waals surface area contributed by atoms with Crippen LogP contribution < -0.4 is 5.30 Å². The fourth-order valence-corrected chi connectivity index (χ4v) is 4.34. The molecule has 0 spiro atoms. The second-order valence-electron chi connectivity index (χ2n) is 4.55. The molecule has 2 aromatic rings. The normalized spacial score (nSPS) is 10.3. The van der Waals surface area contributed by atoms with Crippen LogP contribution in [0.3, 0.4) is 0 Å². The first-order chi connectivity index (χ1) is 9.16. The monoisotopic (exact) mass is 282 g/mol. The van der Waals surface area contributed by atoms with Gasteiger partial charge in [-0.25, -0.2) is 0 Å². The molecule has 0 saturated carbocycles. The van der Waals surface area contributed by atoms with Gasteiger partial charge in [0.25, 0.3) is 0 Å². The fraction of sp³-hybridized carbons (Fsp3) is 0.176. The van der Waals surface area contributed by atoms with Gasteiger partial charge in [0, 0.05) is 18.7 Å². The summed E-state index contributed by atoms with van der Waals surface area (Å²) < 4.78 is 0. The van der Waals surface area contributed by atoms with Gasteiger partial charge in [-0.05, 0) is 57.6 Å². The van der Waals surface area contributed by atoms with Crippen molar-refractivity contribution >= 4 is 21.0 Å². The molecule has 0 saturated heterocycles. The maximum absolute atomic E-state index is 3.23. The summed E-state index contributed by atoms with van der Waals surface area (Å²) in [6.07, 6.45) is 0. The minimum Gasteiger partial charge on any atom is -0.0622 e. The lowest BCUT2D eigenvalue weighted by molar-refractivity contribution is 1.36. The molecule has 0 fully saturated rings. The zero-order valence-corrected chi connectivity index (χ0v) is 13.2. The average Bonchev–Trinajstić information content (AvgIpc) is 2.38. The topological polar surface area (TPSA) is 0 Å². The van der Waals surface area contributed by atoms with Gasteiger partial charge in [-0.15, -0.1) is 0 Å². The molecule has 0 nitrogen and oxygen atoms in total. The molecule has 0 N–H and O–H groups in total. The van der Waals surface area contributed by atoms with Crippen LogP contribution in [0.2, 0.25) is 0 Å². The molecule has 0 radical (unpaired) electrons. The van der Waals surface area contributed by atoms with Gasteiger partial charge < -0.3 is 0 Å². The van der Waals surface area contributed by atoms with Crippen LogP contribution in [0.25, 0.3) is 0 Å². The SMILES string of the molecule is Cc1cc(C)c(P=PC#Cc2ccccc2)c(C)c1. The van der Waals surface area contributed by atoms with E-state index in [0.717, 1.165) is 13.4 Å². The molecule has 2 aromatic carbocycles. The Labute approximate surface area is 118 Å². The van der Waals surface area contributed by atoms with Crippen molar-refractivity contribution in [2.75, 3.05) is 0 Å². The highest BCUT2D eigenvalue weighted by molar-refractivity contribution is 7.90. The smallest absolute Gasteiger partial charge is 0.0252 e. The van der Waals surface area contributed by atoms with Gasteiger partial charge >= 0.3 is 0 Å². The van der Waals surface area contributed by atoms with Crippen molar-refractivity contribution < 1.29 is 0 Å². The first-order valence-corrected chi connectivity index (χ1v) is 8.71. The molecule has 0 aromatic heterocycles. The number of hydrogen-bond acceptors (Lipinski definition) is 0. The Balaban J connectivity index is 2.19. The van der Waals surface area contributed by atoms with Crippen molar-refractivity contribution in [3.63, 3.8) is 0 Å². The minimum absolute atomic E-state index is 1.09. The van der Waals surface area contributed by atoms with E-state index in [0.29, 0.717) is 0 Å². The molecule has 0 unspecified atom stereocenters. The molecular weight excluding hydrogens is 266 g/mol. The number of hydrogen-bond donors (Lipinski definition) is 0. The highest BCUT2D eigenvalue weighted by Gasteiger charge is 2.00. The van der Waals surface area contributed by atoms with Gasteiger partial charge in [-0.3, -0.25) is 0 Å². The molecule has 0 heterocycles. The summed E-state index contributed by atoms with van der Waals surface area (Å²) in [4.78, 5) is 0. The van der Waals surface area contributed by atoms with Crippen LogP contribution in [0, 0.1) is 32.4 Å². The Hall–Kier alpha value is -1.40. The quantitative estimate of drug-likeness (QED) is 0.507. The zero-order chi connectivity index (χ0) is 13.7. The molecular formula is C17H16P2. The number of rotatable bonds is 1. The van der Waals surface area contributed by atoms with Crippen LogP contribution in [0.5, 0.6) is 0 Å². The molecule has 2 heteroatoms. The Morgan fingerprint density at radius 2 is 1.53 bits per heavy atom. The molecule has 0 atom stereocenters. The van der Waals surface area contributed by atoms with Crippen LogP contribution in [0.1, 0.15) is 22.3 Å². The Morgan fingerprint density at radius 3 is 2.16 bits per heavy atom. The predicted octanol–water partition coefficient (Wildman–Crippen LogP) is 5.05. The molecule has 0 aliphatic rings. The standard InChI is InChI=1S/C17H16P2/c1-13-11-14(2)17(15(3)12-13)19-18-10-9-16-7-5-4-6-8-16/h4-8,11-12H,1-3H3. The maximum atomic E-state index is 3.23. The molecule has 19 heavy (non-hydrogen) atoms. The lowest BCUT2D eigenvalue weighted by atomic mass is 10.1. The van der Waals surface area contributed by atoms with E-state index in [1.807, 2.05) is 30.3 Å². The highest BCUT2D eigenvalue weighted by atomic mass is 31.7. The van der Waals surface area contributed by atoms with E-state index in [4.69, 9.17) is 0 Å². The molecule has 2 rings (SSSR count). The van der Waals surface area contributed by atoms with E-state index in [-0.39, 0.29) is 0 Å². The summed E-state index contributed by atoms with van der Waals surface area (Å²) in [5.74, 6) is 3.20. The number of aryl methyl sites for hydroxylation is 3. The van der Waals surface area contributed by atoms with Crippen molar-refractivity contribution in [1.29, 1.82) is 0 Å². The van der Waals surface area contributed by atoms with E-state index >= 15 is 0 Å². The lowest BCUT2D eigenvalue weighted by Gasteiger charge is -2.05.